The molecule has 0 aliphatic rings. The molecule has 0 radical (unpaired) electrons. The van der Waals surface area contributed by atoms with E-state index in [1.165, 1.54) is 17.3 Å². The second-order valence-corrected chi connectivity index (χ2v) is 7.34. The third kappa shape index (κ3) is 4.54. The zero-order valence-electron chi connectivity index (χ0n) is 15.9. The molecule has 0 saturated carbocycles. The average molecular weight is 385 g/mol. The summed E-state index contributed by atoms with van der Waals surface area (Å²) in [7, 11) is 1.81. The lowest BCUT2D eigenvalue weighted by Crippen LogP contribution is -2.15. The normalized spacial score (nSPS) is 11.1. The summed E-state index contributed by atoms with van der Waals surface area (Å²) in [5.41, 5.74) is 2.24. The van der Waals surface area contributed by atoms with Crippen molar-refractivity contribution in [1.82, 2.24) is 29.5 Å². The van der Waals surface area contributed by atoms with E-state index in [1.54, 1.807) is 11.0 Å². The Labute approximate surface area is 162 Å². The van der Waals surface area contributed by atoms with E-state index in [1.807, 2.05) is 30.7 Å². The maximum Gasteiger partial charge on any atom is 0.248 e. The van der Waals surface area contributed by atoms with Crippen molar-refractivity contribution in [2.45, 2.75) is 38.3 Å². The minimum Gasteiger partial charge on any atom is -0.292 e. The van der Waals surface area contributed by atoms with Crippen LogP contribution in [-0.2, 0) is 18.3 Å². The lowest BCUT2D eigenvalue weighted by molar-refractivity contribution is -0.113. The minimum atomic E-state index is -0.182. The van der Waals surface area contributed by atoms with Gasteiger partial charge in [0, 0.05) is 19.2 Å². The van der Waals surface area contributed by atoms with Gasteiger partial charge in [-0.25, -0.2) is 0 Å². The van der Waals surface area contributed by atoms with Gasteiger partial charge in [-0.15, -0.1) is 15.3 Å². The highest BCUT2D eigenvalue weighted by molar-refractivity contribution is 7.99. The number of benzene rings is 1. The lowest BCUT2D eigenvalue weighted by Gasteiger charge is -2.09. The Morgan fingerprint density at radius 2 is 2.00 bits per heavy atom. The number of carbonyl (C=O) groups excluding carboxylic acids is 1. The van der Waals surface area contributed by atoms with E-state index in [0.717, 1.165) is 17.9 Å². The molecule has 27 heavy (non-hydrogen) atoms. The molecular formula is C18H23N7OS. The molecule has 3 rings (SSSR count). The molecule has 8 nitrogen and oxygen atoms in total. The number of amides is 1. The van der Waals surface area contributed by atoms with Crippen molar-refractivity contribution >= 4 is 23.6 Å². The van der Waals surface area contributed by atoms with E-state index in [4.69, 9.17) is 0 Å². The molecule has 1 amide bonds. The van der Waals surface area contributed by atoms with Crippen molar-refractivity contribution in [2.75, 3.05) is 11.1 Å². The van der Waals surface area contributed by atoms with Crippen LogP contribution in [0.5, 0.6) is 0 Å². The smallest absolute Gasteiger partial charge is 0.248 e. The Bertz CT molecular complexity index is 914. The van der Waals surface area contributed by atoms with E-state index in [0.29, 0.717) is 17.0 Å². The number of nitrogens with one attached hydrogen (secondary N) is 1. The molecule has 3 aromatic rings. The maximum absolute atomic E-state index is 12.2. The topological polar surface area (TPSA) is 90.5 Å². The summed E-state index contributed by atoms with van der Waals surface area (Å²) in [6.07, 6.45) is 2.41. The Kier molecular flexibility index (Phi) is 5.90. The number of aryl methyl sites for hydroxylation is 2. The number of hydrogen-bond acceptors (Lipinski definition) is 6. The SMILES string of the molecule is CCc1nc(NC(=O)CSc2nncn2-c2ccc(C(C)C)cc2)nn1C. The van der Waals surface area contributed by atoms with Gasteiger partial charge in [-0.2, -0.15) is 4.98 Å². The molecule has 0 spiro atoms. The molecule has 0 aliphatic heterocycles. The average Bonchev–Trinajstić information content (AvgIpc) is 3.26. The van der Waals surface area contributed by atoms with Gasteiger partial charge in [0.05, 0.1) is 5.75 Å². The molecule has 0 atom stereocenters. The van der Waals surface area contributed by atoms with Gasteiger partial charge < -0.3 is 0 Å². The van der Waals surface area contributed by atoms with E-state index in [2.05, 4.69) is 51.6 Å². The fraction of sp³-hybridized carbons (Fsp3) is 0.389. The van der Waals surface area contributed by atoms with Crippen LogP contribution in [0, 0.1) is 0 Å². The molecule has 0 bridgehead atoms. The first kappa shape index (κ1) is 19.1. The Balaban J connectivity index is 1.63. The first-order valence-corrected chi connectivity index (χ1v) is 9.79. The number of hydrogen-bond donors (Lipinski definition) is 1. The zero-order valence-corrected chi connectivity index (χ0v) is 16.7. The monoisotopic (exact) mass is 385 g/mol. The van der Waals surface area contributed by atoms with Crippen LogP contribution in [0.4, 0.5) is 5.95 Å². The van der Waals surface area contributed by atoms with Crippen LogP contribution in [0.15, 0.2) is 35.7 Å². The minimum absolute atomic E-state index is 0.182. The molecule has 0 unspecified atom stereocenters. The molecule has 1 N–H and O–H groups in total. The van der Waals surface area contributed by atoms with Gasteiger partial charge in [-0.1, -0.05) is 44.7 Å². The maximum atomic E-state index is 12.2. The molecule has 2 aromatic heterocycles. The van der Waals surface area contributed by atoms with Crippen molar-refractivity contribution in [3.63, 3.8) is 0 Å². The number of anilines is 1. The third-order valence-electron chi connectivity index (χ3n) is 4.11. The molecule has 0 aliphatic carbocycles. The molecule has 0 fully saturated rings. The summed E-state index contributed by atoms with van der Waals surface area (Å²) in [5.74, 6) is 1.64. The predicted molar refractivity (Wildman–Crippen MR) is 105 cm³/mol. The van der Waals surface area contributed by atoms with Crippen molar-refractivity contribution in [1.29, 1.82) is 0 Å². The molecule has 9 heteroatoms. The van der Waals surface area contributed by atoms with Crippen LogP contribution in [-0.4, -0.2) is 41.2 Å². The summed E-state index contributed by atoms with van der Waals surface area (Å²) in [4.78, 5) is 16.5. The standard InChI is InChI=1S/C18H23N7OS/c1-5-15-20-17(23-24(15)4)21-16(26)10-27-18-22-19-11-25(18)14-8-6-13(7-9-14)12(2)3/h6-9,11-12H,5,10H2,1-4H3,(H,21,23,26). The van der Waals surface area contributed by atoms with Gasteiger partial charge in [0.15, 0.2) is 5.16 Å². The van der Waals surface area contributed by atoms with Gasteiger partial charge >= 0.3 is 0 Å². The van der Waals surface area contributed by atoms with Crippen LogP contribution in [0.3, 0.4) is 0 Å². The van der Waals surface area contributed by atoms with Crippen LogP contribution in [0.25, 0.3) is 5.69 Å². The highest BCUT2D eigenvalue weighted by Gasteiger charge is 2.13. The van der Waals surface area contributed by atoms with Crippen molar-refractivity contribution in [3.8, 4) is 5.69 Å². The molecule has 2 heterocycles. The van der Waals surface area contributed by atoms with Crippen molar-refractivity contribution in [2.24, 2.45) is 7.05 Å². The van der Waals surface area contributed by atoms with E-state index in [9.17, 15) is 4.79 Å². The summed E-state index contributed by atoms with van der Waals surface area (Å²) < 4.78 is 3.54. The van der Waals surface area contributed by atoms with Crippen molar-refractivity contribution < 1.29 is 4.79 Å². The van der Waals surface area contributed by atoms with Gasteiger partial charge in [0.1, 0.15) is 12.2 Å². The van der Waals surface area contributed by atoms with Crippen molar-refractivity contribution in [3.05, 3.63) is 42.0 Å². The lowest BCUT2D eigenvalue weighted by atomic mass is 10.0. The zero-order chi connectivity index (χ0) is 19.4. The fourth-order valence-corrected chi connectivity index (χ4v) is 3.32. The second-order valence-electron chi connectivity index (χ2n) is 6.40. The summed E-state index contributed by atoms with van der Waals surface area (Å²) in [6, 6.07) is 8.26. The van der Waals surface area contributed by atoms with Crippen LogP contribution in [0.1, 0.15) is 38.1 Å². The largest absolute Gasteiger partial charge is 0.292 e. The number of carbonyl (C=O) groups is 1. The van der Waals surface area contributed by atoms with Gasteiger partial charge in [-0.05, 0) is 23.6 Å². The number of thioether (sulfide) groups is 1. The van der Waals surface area contributed by atoms with Crippen LogP contribution < -0.4 is 5.32 Å². The highest BCUT2D eigenvalue weighted by Crippen LogP contribution is 2.22. The first-order chi connectivity index (χ1) is 13.0. The number of nitrogens with zero attached hydrogens (tertiary/aromatic N) is 6. The summed E-state index contributed by atoms with van der Waals surface area (Å²) >= 11 is 1.32. The molecule has 1 aromatic carbocycles. The van der Waals surface area contributed by atoms with E-state index >= 15 is 0 Å². The van der Waals surface area contributed by atoms with Gasteiger partial charge in [0.25, 0.3) is 0 Å². The van der Waals surface area contributed by atoms with Crippen LogP contribution in [0.2, 0.25) is 0 Å². The molecule has 0 saturated heterocycles. The Morgan fingerprint density at radius 1 is 1.26 bits per heavy atom. The van der Waals surface area contributed by atoms with E-state index < -0.39 is 0 Å². The third-order valence-corrected chi connectivity index (χ3v) is 5.05. The summed E-state index contributed by atoms with van der Waals surface area (Å²) in [5, 5.41) is 15.7. The second kappa shape index (κ2) is 8.34. The first-order valence-electron chi connectivity index (χ1n) is 8.80. The van der Waals surface area contributed by atoms with Gasteiger partial charge in [-0.3, -0.25) is 19.4 Å². The van der Waals surface area contributed by atoms with E-state index in [-0.39, 0.29) is 11.7 Å². The molecular weight excluding hydrogens is 362 g/mol. The summed E-state index contributed by atoms with van der Waals surface area (Å²) in [6.45, 7) is 6.31. The Hall–Kier alpha value is -2.68. The quantitative estimate of drug-likeness (QED) is 0.629. The van der Waals surface area contributed by atoms with Crippen LogP contribution >= 0.6 is 11.8 Å². The highest BCUT2D eigenvalue weighted by atomic mass is 32.2. The van der Waals surface area contributed by atoms with Gasteiger partial charge in [0.2, 0.25) is 11.9 Å². The Morgan fingerprint density at radius 3 is 2.63 bits per heavy atom. The molecule has 142 valence electrons. The number of rotatable bonds is 7. The fourth-order valence-electron chi connectivity index (χ4n) is 2.59. The predicted octanol–water partition coefficient (Wildman–Crippen LogP) is 2.81. The number of aromatic nitrogens is 6.